The number of halogens is 2. The Morgan fingerprint density at radius 2 is 1.20 bits per heavy atom. The smallest absolute Gasteiger partial charge is 0.163 e. The van der Waals surface area contributed by atoms with Gasteiger partial charge in [-0.2, -0.15) is 0 Å². The van der Waals surface area contributed by atoms with Crippen LogP contribution >= 0.6 is 31.9 Å². The first kappa shape index (κ1) is 19.1. The zero-order chi connectivity index (χ0) is 18.4. The van der Waals surface area contributed by atoms with Crippen LogP contribution in [0.15, 0.2) is 57.5 Å². The van der Waals surface area contributed by atoms with E-state index in [1.54, 1.807) is 36.4 Å². The average Bonchev–Trinajstić information content (AvgIpc) is 2.57. The van der Waals surface area contributed by atoms with Crippen LogP contribution in [0.3, 0.4) is 0 Å². The van der Waals surface area contributed by atoms with Crippen molar-refractivity contribution in [2.24, 2.45) is 0 Å². The lowest BCUT2D eigenvalue weighted by molar-refractivity contribution is -0.121. The van der Waals surface area contributed by atoms with Crippen LogP contribution in [0.5, 0.6) is 11.5 Å². The first-order valence-corrected chi connectivity index (χ1v) is 8.82. The van der Waals surface area contributed by atoms with E-state index in [1.165, 1.54) is 24.3 Å². The highest BCUT2D eigenvalue weighted by Gasteiger charge is 2.04. The molecule has 25 heavy (non-hydrogen) atoms. The van der Waals surface area contributed by atoms with E-state index in [0.29, 0.717) is 8.95 Å². The molecule has 0 saturated heterocycles. The first-order valence-electron chi connectivity index (χ1n) is 7.24. The van der Waals surface area contributed by atoms with Crippen molar-refractivity contribution < 1.29 is 19.8 Å². The summed E-state index contributed by atoms with van der Waals surface area (Å²) in [6, 6.07) is 9.69. The summed E-state index contributed by atoms with van der Waals surface area (Å²) in [6.07, 6.45) is 5.61. The molecular weight excluding hydrogens is 452 g/mol. The van der Waals surface area contributed by atoms with E-state index in [2.05, 4.69) is 31.9 Å². The number of aromatic hydroxyl groups is 2. The van der Waals surface area contributed by atoms with Crippen LogP contribution in [0.2, 0.25) is 0 Å². The molecule has 2 rings (SSSR count). The number of hydrogen-bond acceptors (Lipinski definition) is 4. The number of phenols is 2. The molecule has 0 aliphatic heterocycles. The Kier molecular flexibility index (Phi) is 6.73. The van der Waals surface area contributed by atoms with Crippen LogP contribution in [0.4, 0.5) is 0 Å². The largest absolute Gasteiger partial charge is 0.507 e. The molecule has 2 aromatic rings. The van der Waals surface area contributed by atoms with Crippen LogP contribution in [-0.4, -0.2) is 21.8 Å². The Morgan fingerprint density at radius 1 is 0.800 bits per heavy atom. The maximum absolute atomic E-state index is 11.8. The number of carbonyl (C=O) groups is 2. The maximum atomic E-state index is 11.8. The van der Waals surface area contributed by atoms with Gasteiger partial charge in [-0.05, 0) is 79.4 Å². The molecule has 0 radical (unpaired) electrons. The zero-order valence-corrected chi connectivity index (χ0v) is 16.1. The number of benzene rings is 2. The van der Waals surface area contributed by atoms with Gasteiger partial charge in [0.25, 0.3) is 0 Å². The Morgan fingerprint density at radius 3 is 1.56 bits per heavy atom. The number of phenolic OH excluding ortho intramolecular Hbond substituents is 2. The van der Waals surface area contributed by atoms with Gasteiger partial charge in [-0.3, -0.25) is 9.59 Å². The second kappa shape index (κ2) is 8.78. The molecule has 0 saturated carbocycles. The summed E-state index contributed by atoms with van der Waals surface area (Å²) in [4.78, 5) is 23.7. The van der Waals surface area contributed by atoms with Gasteiger partial charge in [-0.25, -0.2) is 0 Å². The molecule has 0 aliphatic carbocycles. The summed E-state index contributed by atoms with van der Waals surface area (Å²) in [5.74, 6) is -0.397. The van der Waals surface area contributed by atoms with Crippen LogP contribution in [0.1, 0.15) is 17.5 Å². The summed E-state index contributed by atoms with van der Waals surface area (Å²) in [5.41, 5.74) is 1.46. The fraction of sp³-hybridized carbons (Fsp3) is 0.0526. The molecular formula is C19H14Br2O4. The lowest BCUT2D eigenvalue weighted by Crippen LogP contribution is -2.01. The highest BCUT2D eigenvalue weighted by Crippen LogP contribution is 2.25. The minimum absolute atomic E-state index is 0.115. The fourth-order valence-corrected chi connectivity index (χ4v) is 2.71. The molecule has 2 N–H and O–H groups in total. The molecule has 0 unspecified atom stereocenters. The van der Waals surface area contributed by atoms with Crippen molar-refractivity contribution in [2.75, 3.05) is 0 Å². The van der Waals surface area contributed by atoms with Crippen LogP contribution in [0.25, 0.3) is 12.2 Å². The minimum Gasteiger partial charge on any atom is -0.507 e. The van der Waals surface area contributed by atoms with Crippen molar-refractivity contribution in [3.63, 3.8) is 0 Å². The summed E-state index contributed by atoms with van der Waals surface area (Å²) in [7, 11) is 0. The SMILES string of the molecule is O=C(/C=C/c1ccc(O)c(Br)c1)CC(=O)/C=C/c1ccc(O)c(Br)c1. The van der Waals surface area contributed by atoms with Gasteiger partial charge in [0.1, 0.15) is 11.5 Å². The Hall–Kier alpha value is -2.18. The summed E-state index contributed by atoms with van der Waals surface area (Å²) >= 11 is 6.39. The van der Waals surface area contributed by atoms with E-state index in [9.17, 15) is 19.8 Å². The number of ketones is 2. The van der Waals surface area contributed by atoms with E-state index in [4.69, 9.17) is 0 Å². The molecule has 0 amide bonds. The molecule has 0 atom stereocenters. The molecule has 0 bridgehead atoms. The monoisotopic (exact) mass is 464 g/mol. The lowest BCUT2D eigenvalue weighted by Gasteiger charge is -1.99. The molecule has 128 valence electrons. The molecule has 0 aliphatic rings. The van der Waals surface area contributed by atoms with Crippen LogP contribution in [-0.2, 0) is 9.59 Å². The molecule has 0 spiro atoms. The zero-order valence-electron chi connectivity index (χ0n) is 12.9. The normalized spacial score (nSPS) is 11.3. The molecule has 6 heteroatoms. The third-order valence-corrected chi connectivity index (χ3v) is 4.49. The molecule has 0 fully saturated rings. The van der Waals surface area contributed by atoms with Crippen molar-refractivity contribution in [3.8, 4) is 11.5 Å². The van der Waals surface area contributed by atoms with E-state index >= 15 is 0 Å². The second-order valence-electron chi connectivity index (χ2n) is 5.20. The molecule has 0 aromatic heterocycles. The lowest BCUT2D eigenvalue weighted by atomic mass is 10.1. The summed E-state index contributed by atoms with van der Waals surface area (Å²) in [5, 5.41) is 18.8. The Bertz CT molecular complexity index is 798. The van der Waals surface area contributed by atoms with Gasteiger partial charge in [0.05, 0.1) is 15.4 Å². The number of allylic oxidation sites excluding steroid dienone is 2. The Balaban J connectivity index is 1.94. The Labute approximate surface area is 161 Å². The highest BCUT2D eigenvalue weighted by molar-refractivity contribution is 9.10. The van der Waals surface area contributed by atoms with Gasteiger partial charge in [0.2, 0.25) is 0 Å². The highest BCUT2D eigenvalue weighted by atomic mass is 79.9. The van der Waals surface area contributed by atoms with Crippen molar-refractivity contribution >= 4 is 55.6 Å². The van der Waals surface area contributed by atoms with E-state index in [1.807, 2.05) is 0 Å². The van der Waals surface area contributed by atoms with Crippen molar-refractivity contribution in [1.29, 1.82) is 0 Å². The van der Waals surface area contributed by atoms with Gasteiger partial charge in [-0.15, -0.1) is 0 Å². The van der Waals surface area contributed by atoms with Crippen LogP contribution < -0.4 is 0 Å². The van der Waals surface area contributed by atoms with Gasteiger partial charge in [0.15, 0.2) is 11.6 Å². The van der Waals surface area contributed by atoms with E-state index in [-0.39, 0.29) is 29.5 Å². The predicted molar refractivity (Wildman–Crippen MR) is 104 cm³/mol. The average molecular weight is 466 g/mol. The molecule has 4 nitrogen and oxygen atoms in total. The summed E-state index contributed by atoms with van der Waals surface area (Å²) in [6.45, 7) is 0. The number of carbonyl (C=O) groups excluding carboxylic acids is 2. The predicted octanol–water partition coefficient (Wildman–Crippen LogP) is 4.88. The van der Waals surface area contributed by atoms with Crippen molar-refractivity contribution in [1.82, 2.24) is 0 Å². The third kappa shape index (κ3) is 5.99. The van der Waals surface area contributed by atoms with Gasteiger partial charge in [-0.1, -0.05) is 24.3 Å². The maximum Gasteiger partial charge on any atom is 0.163 e. The molecule has 2 aromatic carbocycles. The van der Waals surface area contributed by atoms with Crippen molar-refractivity contribution in [3.05, 3.63) is 68.6 Å². The van der Waals surface area contributed by atoms with E-state index < -0.39 is 0 Å². The first-order chi connectivity index (χ1) is 11.8. The second-order valence-corrected chi connectivity index (χ2v) is 6.91. The number of rotatable bonds is 6. The molecule has 0 heterocycles. The van der Waals surface area contributed by atoms with E-state index in [0.717, 1.165) is 11.1 Å². The van der Waals surface area contributed by atoms with Crippen LogP contribution in [0, 0.1) is 0 Å². The minimum atomic E-state index is -0.314. The summed E-state index contributed by atoms with van der Waals surface area (Å²) < 4.78 is 1.06. The topological polar surface area (TPSA) is 74.6 Å². The quantitative estimate of drug-likeness (QED) is 0.471. The van der Waals surface area contributed by atoms with Gasteiger partial charge < -0.3 is 10.2 Å². The standard InChI is InChI=1S/C19H14Br2O4/c20-16-9-12(3-7-18(16)24)1-5-14(22)11-15(23)6-2-13-4-8-19(25)17(21)10-13/h1-10,24-25H,11H2/b5-1+,6-2+. The number of hydrogen-bond donors (Lipinski definition) is 2. The van der Waals surface area contributed by atoms with Gasteiger partial charge >= 0.3 is 0 Å². The van der Waals surface area contributed by atoms with Gasteiger partial charge in [0, 0.05) is 0 Å². The fourth-order valence-electron chi connectivity index (χ4n) is 1.92. The third-order valence-electron chi connectivity index (χ3n) is 3.22. The van der Waals surface area contributed by atoms with Crippen molar-refractivity contribution in [2.45, 2.75) is 6.42 Å².